The third-order valence-electron chi connectivity index (χ3n) is 4.90. The number of carbonyl (C=O) groups excluding carboxylic acids is 2. The SMILES string of the molecule is O=C1NC[C@H]2CN(C(=O)c3scc4c3CCCC4)C[C@@H]12. The van der Waals surface area contributed by atoms with Gasteiger partial charge < -0.3 is 10.2 Å². The van der Waals surface area contributed by atoms with E-state index in [0.29, 0.717) is 12.5 Å². The molecule has 4 rings (SSSR count). The minimum atomic E-state index is 0.0229. The van der Waals surface area contributed by atoms with Crippen molar-refractivity contribution in [3.63, 3.8) is 0 Å². The maximum Gasteiger partial charge on any atom is 0.264 e. The van der Waals surface area contributed by atoms with Crippen molar-refractivity contribution in [2.75, 3.05) is 19.6 Å². The molecule has 0 aromatic carbocycles. The van der Waals surface area contributed by atoms with Gasteiger partial charge in [0.2, 0.25) is 5.91 Å². The Morgan fingerprint density at radius 2 is 2.15 bits per heavy atom. The number of carbonyl (C=O) groups is 2. The van der Waals surface area contributed by atoms with Crippen molar-refractivity contribution < 1.29 is 9.59 Å². The van der Waals surface area contributed by atoms with Gasteiger partial charge in [-0.1, -0.05) is 0 Å². The average Bonchev–Trinajstić information content (AvgIpc) is 3.14. The van der Waals surface area contributed by atoms with Crippen molar-refractivity contribution in [2.45, 2.75) is 25.7 Å². The molecule has 3 heterocycles. The summed E-state index contributed by atoms with van der Waals surface area (Å²) in [6.07, 6.45) is 4.59. The molecule has 0 spiro atoms. The molecule has 5 heteroatoms. The van der Waals surface area contributed by atoms with Crippen molar-refractivity contribution in [1.82, 2.24) is 10.2 Å². The van der Waals surface area contributed by atoms with E-state index in [9.17, 15) is 9.59 Å². The summed E-state index contributed by atoms with van der Waals surface area (Å²) in [6, 6.07) is 0. The largest absolute Gasteiger partial charge is 0.355 e. The molecule has 106 valence electrons. The zero-order chi connectivity index (χ0) is 13.7. The van der Waals surface area contributed by atoms with Gasteiger partial charge in [0.15, 0.2) is 0 Å². The van der Waals surface area contributed by atoms with Crippen LogP contribution in [0.5, 0.6) is 0 Å². The van der Waals surface area contributed by atoms with E-state index in [2.05, 4.69) is 10.7 Å². The molecule has 1 aliphatic carbocycles. The summed E-state index contributed by atoms with van der Waals surface area (Å²) < 4.78 is 0. The number of thiophene rings is 1. The van der Waals surface area contributed by atoms with Crippen molar-refractivity contribution in [3.05, 3.63) is 21.4 Å². The Balaban J connectivity index is 1.56. The number of fused-ring (bicyclic) bond motifs is 2. The van der Waals surface area contributed by atoms with Gasteiger partial charge in [0.25, 0.3) is 5.91 Å². The van der Waals surface area contributed by atoms with Crippen LogP contribution in [-0.2, 0) is 17.6 Å². The predicted octanol–water partition coefficient (Wildman–Crippen LogP) is 1.44. The maximum atomic E-state index is 12.7. The second-order valence-corrected chi connectivity index (χ2v) is 6.98. The smallest absolute Gasteiger partial charge is 0.264 e. The molecule has 2 saturated heterocycles. The van der Waals surface area contributed by atoms with Crippen molar-refractivity contribution in [3.8, 4) is 0 Å². The molecule has 20 heavy (non-hydrogen) atoms. The number of hydrogen-bond acceptors (Lipinski definition) is 3. The molecule has 0 radical (unpaired) electrons. The standard InChI is InChI=1S/C15H18N2O2S/c18-14-12-7-17(6-10(12)5-16-14)15(19)13-11-4-2-1-3-9(11)8-20-13/h8,10,12H,1-7H2,(H,16,18)/t10-,12+/m0/s1. The zero-order valence-corrected chi connectivity index (χ0v) is 12.2. The second kappa shape index (κ2) is 4.58. The summed E-state index contributed by atoms with van der Waals surface area (Å²) in [5, 5.41) is 5.05. The third kappa shape index (κ3) is 1.79. The van der Waals surface area contributed by atoms with Gasteiger partial charge in [-0.15, -0.1) is 11.3 Å². The van der Waals surface area contributed by atoms with Crippen molar-refractivity contribution in [1.29, 1.82) is 0 Å². The first-order chi connectivity index (χ1) is 9.74. The van der Waals surface area contributed by atoms with E-state index in [1.54, 1.807) is 11.3 Å². The predicted molar refractivity (Wildman–Crippen MR) is 76.9 cm³/mol. The highest BCUT2D eigenvalue weighted by Crippen LogP contribution is 2.33. The average molecular weight is 290 g/mol. The van der Waals surface area contributed by atoms with E-state index in [0.717, 1.165) is 30.8 Å². The highest BCUT2D eigenvalue weighted by Gasteiger charge is 2.44. The Kier molecular flexibility index (Phi) is 2.84. The lowest BCUT2D eigenvalue weighted by Gasteiger charge is -2.19. The van der Waals surface area contributed by atoms with Crippen LogP contribution in [-0.4, -0.2) is 36.3 Å². The zero-order valence-electron chi connectivity index (χ0n) is 11.4. The summed E-state index contributed by atoms with van der Waals surface area (Å²) >= 11 is 1.60. The highest BCUT2D eigenvalue weighted by atomic mass is 32.1. The van der Waals surface area contributed by atoms with E-state index in [1.165, 1.54) is 24.0 Å². The van der Waals surface area contributed by atoms with E-state index in [-0.39, 0.29) is 17.7 Å². The van der Waals surface area contributed by atoms with Gasteiger partial charge in [-0.05, 0) is 42.2 Å². The highest BCUT2D eigenvalue weighted by molar-refractivity contribution is 7.12. The molecule has 2 atom stereocenters. The number of aryl methyl sites for hydroxylation is 1. The quantitative estimate of drug-likeness (QED) is 0.851. The van der Waals surface area contributed by atoms with E-state index >= 15 is 0 Å². The fourth-order valence-corrected chi connectivity index (χ4v) is 4.87. The monoisotopic (exact) mass is 290 g/mol. The molecule has 0 unspecified atom stereocenters. The Morgan fingerprint density at radius 1 is 1.30 bits per heavy atom. The third-order valence-corrected chi connectivity index (χ3v) is 5.96. The van der Waals surface area contributed by atoms with Gasteiger partial charge in [0.05, 0.1) is 10.8 Å². The molecule has 4 nitrogen and oxygen atoms in total. The number of likely N-dealkylation sites (tertiary alicyclic amines) is 1. The minimum absolute atomic E-state index is 0.0229. The van der Waals surface area contributed by atoms with Crippen LogP contribution >= 0.6 is 11.3 Å². The first-order valence-electron chi connectivity index (χ1n) is 7.40. The fraction of sp³-hybridized carbons (Fsp3) is 0.600. The number of amides is 2. The number of hydrogen-bond donors (Lipinski definition) is 1. The van der Waals surface area contributed by atoms with Gasteiger partial charge >= 0.3 is 0 Å². The molecule has 0 saturated carbocycles. The van der Waals surface area contributed by atoms with Crippen LogP contribution in [0, 0.1) is 11.8 Å². The van der Waals surface area contributed by atoms with Gasteiger partial charge in [-0.2, -0.15) is 0 Å². The summed E-state index contributed by atoms with van der Waals surface area (Å²) in [5.41, 5.74) is 2.66. The number of nitrogens with one attached hydrogen (secondary N) is 1. The van der Waals surface area contributed by atoms with E-state index in [4.69, 9.17) is 0 Å². The Morgan fingerprint density at radius 3 is 3.00 bits per heavy atom. The van der Waals surface area contributed by atoms with Crippen molar-refractivity contribution >= 4 is 23.2 Å². The van der Waals surface area contributed by atoms with Gasteiger partial charge in [0, 0.05) is 25.6 Å². The summed E-state index contributed by atoms with van der Waals surface area (Å²) in [7, 11) is 0. The lowest BCUT2D eigenvalue weighted by molar-refractivity contribution is -0.122. The first kappa shape index (κ1) is 12.4. The molecule has 3 aliphatic rings. The number of nitrogens with zero attached hydrogens (tertiary/aromatic N) is 1. The molecule has 0 bridgehead atoms. The lowest BCUT2D eigenvalue weighted by atomic mass is 9.94. The molecular formula is C15H18N2O2S. The Hall–Kier alpha value is -1.36. The normalized spacial score (nSPS) is 28.2. The summed E-state index contributed by atoms with van der Waals surface area (Å²) in [4.78, 5) is 27.2. The van der Waals surface area contributed by atoms with E-state index in [1.807, 2.05) is 4.90 Å². The van der Waals surface area contributed by atoms with Crippen LogP contribution in [0.25, 0.3) is 0 Å². The van der Waals surface area contributed by atoms with Crippen LogP contribution in [0.3, 0.4) is 0 Å². The summed E-state index contributed by atoms with van der Waals surface area (Å²) in [6.45, 7) is 2.06. The van der Waals surface area contributed by atoms with E-state index < -0.39 is 0 Å². The minimum Gasteiger partial charge on any atom is -0.355 e. The fourth-order valence-electron chi connectivity index (χ4n) is 3.75. The van der Waals surface area contributed by atoms with Gasteiger partial charge in [0.1, 0.15) is 0 Å². The Bertz CT molecular complexity index is 580. The maximum absolute atomic E-state index is 12.7. The second-order valence-electron chi connectivity index (χ2n) is 6.10. The number of rotatable bonds is 1. The van der Waals surface area contributed by atoms with Gasteiger partial charge in [-0.3, -0.25) is 9.59 Å². The first-order valence-corrected chi connectivity index (χ1v) is 8.28. The molecule has 1 aromatic rings. The van der Waals surface area contributed by atoms with Crippen LogP contribution in [0.2, 0.25) is 0 Å². The lowest BCUT2D eigenvalue weighted by Crippen LogP contribution is -2.33. The molecule has 1 aromatic heterocycles. The molecule has 2 aliphatic heterocycles. The molecule has 2 fully saturated rings. The van der Waals surface area contributed by atoms with Crippen molar-refractivity contribution in [2.24, 2.45) is 11.8 Å². The van der Waals surface area contributed by atoms with Crippen LogP contribution in [0.4, 0.5) is 0 Å². The molecular weight excluding hydrogens is 272 g/mol. The Labute approximate surface area is 122 Å². The van der Waals surface area contributed by atoms with Gasteiger partial charge in [-0.25, -0.2) is 0 Å². The van der Waals surface area contributed by atoms with Crippen LogP contribution in [0.15, 0.2) is 5.38 Å². The summed E-state index contributed by atoms with van der Waals surface area (Å²) in [5.74, 6) is 0.621. The van der Waals surface area contributed by atoms with Crippen LogP contribution in [0.1, 0.15) is 33.6 Å². The molecule has 1 N–H and O–H groups in total. The van der Waals surface area contributed by atoms with Crippen LogP contribution < -0.4 is 5.32 Å². The topological polar surface area (TPSA) is 49.4 Å². The molecule has 2 amide bonds.